The maximum atomic E-state index is 14.3. The number of fused-ring (bicyclic) bond motifs is 1. The number of amidine groups is 1. The Morgan fingerprint density at radius 1 is 1.08 bits per heavy atom. The van der Waals surface area contributed by atoms with Crippen LogP contribution in [0.15, 0.2) is 59.1 Å². The first-order valence-electron chi connectivity index (χ1n) is 11.5. The van der Waals surface area contributed by atoms with E-state index >= 15 is 0 Å². The maximum Gasteiger partial charge on any atom is 0.303 e. The van der Waals surface area contributed by atoms with Crippen LogP contribution in [0.3, 0.4) is 0 Å². The zero-order chi connectivity index (χ0) is 26.9. The van der Waals surface area contributed by atoms with E-state index in [0.717, 1.165) is 8.61 Å². The van der Waals surface area contributed by atoms with Crippen molar-refractivity contribution < 1.29 is 12.8 Å². The number of halogens is 1. The standard InChI is InChI=1S/C23H31FN10O2S/c1-31(2)12-13-34(37(35,36)32(3)4)19-20(25)28-22(29-21(19)26)18-16-9-7-11-27-23(16)33(30-18)14-15-8-5-6-10-17(15)24/h5-11,22,28H,12-14,25H2,1-4H3,(H2,26,29). The average molecular weight is 531 g/mol. The first kappa shape index (κ1) is 26.3. The summed E-state index contributed by atoms with van der Waals surface area (Å²) in [6.07, 6.45) is 0.814. The number of aromatic nitrogens is 3. The summed E-state index contributed by atoms with van der Waals surface area (Å²) in [7, 11) is 2.62. The molecule has 0 saturated carbocycles. The molecule has 1 aliphatic heterocycles. The molecule has 0 aliphatic carbocycles. The maximum absolute atomic E-state index is 14.3. The molecule has 2 aromatic heterocycles. The average Bonchev–Trinajstić information content (AvgIpc) is 3.20. The van der Waals surface area contributed by atoms with Crippen LogP contribution in [0.1, 0.15) is 17.4 Å². The first-order valence-corrected chi connectivity index (χ1v) is 12.9. The highest BCUT2D eigenvalue weighted by atomic mass is 32.2. The molecule has 4 rings (SSSR count). The van der Waals surface area contributed by atoms with Crippen LogP contribution >= 0.6 is 0 Å². The quantitative estimate of drug-likeness (QED) is 0.359. The number of nitrogens with two attached hydrogens (primary N) is 2. The monoisotopic (exact) mass is 530 g/mol. The molecule has 5 N–H and O–H groups in total. The number of nitrogens with one attached hydrogen (secondary N) is 1. The third-order valence-electron chi connectivity index (χ3n) is 5.87. The highest BCUT2D eigenvalue weighted by Crippen LogP contribution is 2.28. The smallest absolute Gasteiger partial charge is 0.303 e. The predicted molar refractivity (Wildman–Crippen MR) is 140 cm³/mol. The van der Waals surface area contributed by atoms with E-state index in [0.29, 0.717) is 28.8 Å². The Morgan fingerprint density at radius 2 is 1.81 bits per heavy atom. The molecule has 3 heterocycles. The Labute approximate surface area is 215 Å². The Balaban J connectivity index is 1.72. The Hall–Kier alpha value is -3.75. The molecule has 0 radical (unpaired) electrons. The fourth-order valence-corrected chi connectivity index (χ4v) is 5.07. The van der Waals surface area contributed by atoms with Crippen molar-refractivity contribution in [2.75, 3.05) is 41.3 Å². The lowest BCUT2D eigenvalue weighted by Crippen LogP contribution is -2.49. The molecule has 1 unspecified atom stereocenters. The molecule has 12 nitrogen and oxygen atoms in total. The van der Waals surface area contributed by atoms with Gasteiger partial charge in [0.25, 0.3) is 0 Å². The molecule has 1 atom stereocenters. The van der Waals surface area contributed by atoms with Gasteiger partial charge in [0.2, 0.25) is 0 Å². The van der Waals surface area contributed by atoms with Crippen LogP contribution in [0.25, 0.3) is 11.0 Å². The van der Waals surface area contributed by atoms with Crippen LogP contribution < -0.4 is 16.8 Å². The molecular weight excluding hydrogens is 499 g/mol. The van der Waals surface area contributed by atoms with E-state index in [-0.39, 0.29) is 36.3 Å². The van der Waals surface area contributed by atoms with Crippen molar-refractivity contribution in [3.05, 3.63) is 71.2 Å². The van der Waals surface area contributed by atoms with E-state index in [1.54, 1.807) is 35.1 Å². The second-order valence-corrected chi connectivity index (χ2v) is 11.1. The van der Waals surface area contributed by atoms with Gasteiger partial charge < -0.3 is 21.7 Å². The molecule has 0 amide bonds. The summed E-state index contributed by atoms with van der Waals surface area (Å²) < 4.78 is 44.4. The Bertz CT molecular complexity index is 1470. The predicted octanol–water partition coefficient (Wildman–Crippen LogP) is 0.376. The van der Waals surface area contributed by atoms with E-state index in [9.17, 15) is 12.8 Å². The van der Waals surface area contributed by atoms with Gasteiger partial charge in [0, 0.05) is 44.3 Å². The van der Waals surface area contributed by atoms with Gasteiger partial charge in [0.05, 0.1) is 6.54 Å². The molecule has 0 saturated heterocycles. The van der Waals surface area contributed by atoms with Crippen molar-refractivity contribution in [3.63, 3.8) is 0 Å². The van der Waals surface area contributed by atoms with Gasteiger partial charge in [-0.1, -0.05) is 18.2 Å². The van der Waals surface area contributed by atoms with Gasteiger partial charge in [-0.05, 0) is 32.3 Å². The Kier molecular flexibility index (Phi) is 7.34. The summed E-state index contributed by atoms with van der Waals surface area (Å²) in [5.41, 5.74) is 14.2. The van der Waals surface area contributed by atoms with Crippen molar-refractivity contribution in [2.24, 2.45) is 16.5 Å². The molecule has 0 bridgehead atoms. The summed E-state index contributed by atoms with van der Waals surface area (Å²) in [5.74, 6) is -0.355. The SMILES string of the molecule is CN(C)CCN(C1=C(N)NC(c2nn(Cc3ccccc3F)c3ncccc23)N=C1N)S(=O)(=O)N(C)C. The fraction of sp³-hybridized carbons (Fsp3) is 0.348. The number of likely N-dealkylation sites (N-methyl/N-ethyl adjacent to an activating group) is 1. The molecular formula is C23H31FN10O2S. The lowest BCUT2D eigenvalue weighted by atomic mass is 10.2. The number of aliphatic imine (C=N–C) groups is 1. The van der Waals surface area contributed by atoms with E-state index < -0.39 is 16.4 Å². The fourth-order valence-electron chi connectivity index (χ4n) is 3.94. The summed E-state index contributed by atoms with van der Waals surface area (Å²) >= 11 is 0. The minimum Gasteiger partial charge on any atom is -0.384 e. The van der Waals surface area contributed by atoms with Crippen LogP contribution in [0.2, 0.25) is 0 Å². The third-order valence-corrected chi connectivity index (χ3v) is 7.72. The van der Waals surface area contributed by atoms with E-state index in [1.165, 1.54) is 20.2 Å². The third kappa shape index (κ3) is 5.21. The van der Waals surface area contributed by atoms with Gasteiger partial charge in [-0.25, -0.2) is 23.4 Å². The molecule has 3 aromatic rings. The highest BCUT2D eigenvalue weighted by molar-refractivity contribution is 7.86. The number of hydrogen-bond acceptors (Lipinski definition) is 9. The van der Waals surface area contributed by atoms with Crippen molar-refractivity contribution in [1.29, 1.82) is 0 Å². The van der Waals surface area contributed by atoms with Gasteiger partial charge >= 0.3 is 10.2 Å². The summed E-state index contributed by atoms with van der Waals surface area (Å²) in [4.78, 5) is 10.8. The van der Waals surface area contributed by atoms with E-state index in [2.05, 4.69) is 20.4 Å². The summed E-state index contributed by atoms with van der Waals surface area (Å²) in [6.45, 7) is 0.690. The van der Waals surface area contributed by atoms with Crippen molar-refractivity contribution in [3.8, 4) is 0 Å². The lowest BCUT2D eigenvalue weighted by Gasteiger charge is -2.33. The number of nitrogens with zero attached hydrogens (tertiary/aromatic N) is 7. The largest absolute Gasteiger partial charge is 0.384 e. The van der Waals surface area contributed by atoms with Gasteiger partial charge in [0.15, 0.2) is 11.8 Å². The van der Waals surface area contributed by atoms with Crippen molar-refractivity contribution in [1.82, 2.24) is 33.6 Å². The number of hydrogen-bond donors (Lipinski definition) is 3. The van der Waals surface area contributed by atoms with E-state index in [1.807, 2.05) is 25.1 Å². The molecule has 14 heteroatoms. The number of pyridine rings is 1. The Morgan fingerprint density at radius 3 is 2.46 bits per heavy atom. The summed E-state index contributed by atoms with van der Waals surface area (Å²) in [5, 5.41) is 8.38. The number of rotatable bonds is 9. The highest BCUT2D eigenvalue weighted by Gasteiger charge is 2.34. The van der Waals surface area contributed by atoms with Crippen LogP contribution in [-0.4, -0.2) is 83.8 Å². The van der Waals surface area contributed by atoms with Gasteiger partial charge in [-0.15, -0.1) is 0 Å². The van der Waals surface area contributed by atoms with Crippen LogP contribution in [0, 0.1) is 5.82 Å². The second kappa shape index (κ2) is 10.3. The molecule has 37 heavy (non-hydrogen) atoms. The zero-order valence-electron chi connectivity index (χ0n) is 21.1. The van der Waals surface area contributed by atoms with Crippen LogP contribution in [-0.2, 0) is 16.8 Å². The minimum atomic E-state index is -3.92. The van der Waals surface area contributed by atoms with Crippen LogP contribution in [0.4, 0.5) is 4.39 Å². The van der Waals surface area contributed by atoms with Crippen molar-refractivity contribution >= 4 is 27.1 Å². The molecule has 0 spiro atoms. The molecule has 198 valence electrons. The number of benzene rings is 1. The summed E-state index contributed by atoms with van der Waals surface area (Å²) in [6, 6.07) is 10.0. The van der Waals surface area contributed by atoms with Crippen molar-refractivity contribution in [2.45, 2.75) is 12.7 Å². The van der Waals surface area contributed by atoms with E-state index in [4.69, 9.17) is 11.5 Å². The molecule has 1 aromatic carbocycles. The zero-order valence-corrected chi connectivity index (χ0v) is 21.9. The van der Waals surface area contributed by atoms with Gasteiger partial charge in [-0.2, -0.15) is 17.8 Å². The molecule has 1 aliphatic rings. The minimum absolute atomic E-state index is 0.0439. The van der Waals surface area contributed by atoms with Gasteiger partial charge in [0.1, 0.15) is 28.9 Å². The normalized spacial score (nSPS) is 16.4. The van der Waals surface area contributed by atoms with Crippen LogP contribution in [0.5, 0.6) is 0 Å². The molecule has 0 fully saturated rings. The topological polar surface area (TPSA) is 151 Å². The van der Waals surface area contributed by atoms with Gasteiger partial charge in [-0.3, -0.25) is 0 Å². The second-order valence-electron chi connectivity index (χ2n) is 9.00. The lowest BCUT2D eigenvalue weighted by molar-refractivity contribution is 0.350. The first-order chi connectivity index (χ1) is 17.5.